The molecule has 0 saturated carbocycles. The van der Waals surface area contributed by atoms with E-state index < -0.39 is 0 Å². The van der Waals surface area contributed by atoms with Gasteiger partial charge in [-0.15, -0.1) is 0 Å². The molecule has 0 spiro atoms. The summed E-state index contributed by atoms with van der Waals surface area (Å²) in [5, 5.41) is 0. The lowest BCUT2D eigenvalue weighted by Gasteiger charge is -2.14. The molecule has 0 aliphatic carbocycles. The van der Waals surface area contributed by atoms with Gasteiger partial charge in [-0.2, -0.15) is 0 Å². The third-order valence-corrected chi connectivity index (χ3v) is 3.48. The third kappa shape index (κ3) is 3.13. The van der Waals surface area contributed by atoms with Crippen LogP contribution >= 0.6 is 0 Å². The summed E-state index contributed by atoms with van der Waals surface area (Å²) < 4.78 is 5.96. The van der Waals surface area contributed by atoms with Crippen LogP contribution in [0.5, 0.6) is 11.5 Å². The van der Waals surface area contributed by atoms with E-state index in [4.69, 9.17) is 27.7 Å². The Morgan fingerprint density at radius 1 is 0.565 bits per heavy atom. The summed E-state index contributed by atoms with van der Waals surface area (Å²) in [6.07, 6.45) is 0. The Kier molecular flexibility index (Phi) is 3.68. The van der Waals surface area contributed by atoms with E-state index >= 15 is 0 Å². The molecule has 0 aliphatic rings. The summed E-state index contributed by atoms with van der Waals surface area (Å²) in [6, 6.07) is 17.9. The number of nitrogens with two attached hydrogens (primary N) is 4. The third-order valence-electron chi connectivity index (χ3n) is 3.48. The lowest BCUT2D eigenvalue weighted by molar-refractivity contribution is 0.484. The van der Waals surface area contributed by atoms with E-state index in [-0.39, 0.29) is 0 Å². The van der Waals surface area contributed by atoms with Crippen LogP contribution in [0.25, 0.3) is 11.1 Å². The summed E-state index contributed by atoms with van der Waals surface area (Å²) in [4.78, 5) is 0. The van der Waals surface area contributed by atoms with Crippen LogP contribution in [-0.4, -0.2) is 0 Å². The highest BCUT2D eigenvalue weighted by Gasteiger charge is 2.11. The number of nitrogen functional groups attached to an aromatic ring is 4. The van der Waals surface area contributed by atoms with Gasteiger partial charge in [0.1, 0.15) is 11.5 Å². The fourth-order valence-corrected chi connectivity index (χ4v) is 2.32. The van der Waals surface area contributed by atoms with Crippen LogP contribution in [-0.2, 0) is 0 Å². The molecule has 0 unspecified atom stereocenters. The maximum Gasteiger partial charge on any atom is 0.135 e. The molecule has 3 aromatic rings. The maximum atomic E-state index is 6.09. The number of hydrogen-bond donors (Lipinski definition) is 4. The van der Waals surface area contributed by atoms with Gasteiger partial charge in [0, 0.05) is 33.9 Å². The molecule has 116 valence electrons. The Labute approximate surface area is 134 Å². The summed E-state index contributed by atoms with van der Waals surface area (Å²) in [6.45, 7) is 0. The van der Waals surface area contributed by atoms with Gasteiger partial charge in [0.25, 0.3) is 0 Å². The van der Waals surface area contributed by atoms with Crippen molar-refractivity contribution in [3.63, 3.8) is 0 Å². The van der Waals surface area contributed by atoms with Gasteiger partial charge < -0.3 is 27.7 Å². The highest BCUT2D eigenvalue weighted by Crippen LogP contribution is 2.38. The minimum atomic E-state index is 0.604. The zero-order valence-corrected chi connectivity index (χ0v) is 12.5. The van der Waals surface area contributed by atoms with Gasteiger partial charge in [-0.1, -0.05) is 0 Å². The second-order valence-corrected chi connectivity index (χ2v) is 5.27. The van der Waals surface area contributed by atoms with Gasteiger partial charge in [0.15, 0.2) is 0 Å². The fraction of sp³-hybridized carbons (Fsp3) is 0. The number of anilines is 4. The molecule has 0 fully saturated rings. The molecular weight excluding hydrogens is 288 g/mol. The van der Waals surface area contributed by atoms with E-state index in [1.165, 1.54) is 0 Å². The van der Waals surface area contributed by atoms with Crippen molar-refractivity contribution in [3.8, 4) is 22.6 Å². The van der Waals surface area contributed by atoms with Crippen molar-refractivity contribution in [1.29, 1.82) is 0 Å². The van der Waals surface area contributed by atoms with Crippen LogP contribution in [0.15, 0.2) is 60.7 Å². The first-order valence-electron chi connectivity index (χ1n) is 7.11. The molecule has 0 aromatic heterocycles. The first-order chi connectivity index (χ1) is 11.0. The van der Waals surface area contributed by atoms with E-state index in [1.807, 2.05) is 12.1 Å². The van der Waals surface area contributed by atoms with Crippen molar-refractivity contribution in [2.45, 2.75) is 0 Å². The van der Waals surface area contributed by atoms with Crippen molar-refractivity contribution in [1.82, 2.24) is 0 Å². The van der Waals surface area contributed by atoms with Gasteiger partial charge in [0.2, 0.25) is 0 Å². The van der Waals surface area contributed by atoms with Crippen LogP contribution in [0, 0.1) is 0 Å². The molecule has 0 amide bonds. The van der Waals surface area contributed by atoms with Gasteiger partial charge >= 0.3 is 0 Å². The van der Waals surface area contributed by atoms with E-state index in [2.05, 4.69) is 0 Å². The van der Waals surface area contributed by atoms with Crippen LogP contribution in [0.2, 0.25) is 0 Å². The highest BCUT2D eigenvalue weighted by atomic mass is 16.5. The Morgan fingerprint density at radius 3 is 1.83 bits per heavy atom. The van der Waals surface area contributed by atoms with E-state index in [9.17, 15) is 0 Å². The highest BCUT2D eigenvalue weighted by molar-refractivity contribution is 5.84. The Balaban J connectivity index is 2.07. The second kappa shape index (κ2) is 5.81. The van der Waals surface area contributed by atoms with Crippen molar-refractivity contribution in [2.75, 3.05) is 22.9 Å². The smallest absolute Gasteiger partial charge is 0.135 e. The molecule has 0 saturated heterocycles. The van der Waals surface area contributed by atoms with Crippen LogP contribution in [0.1, 0.15) is 0 Å². The maximum absolute atomic E-state index is 6.09. The van der Waals surface area contributed by atoms with Gasteiger partial charge in [-0.05, 0) is 60.7 Å². The molecule has 3 aromatic carbocycles. The summed E-state index contributed by atoms with van der Waals surface area (Å²) in [5.74, 6) is 1.31. The molecule has 0 radical (unpaired) electrons. The molecular formula is C18H18N4O. The SMILES string of the molecule is Nc1ccc(Oc2ccc(N)cc2-c2cc(N)ccc2N)cc1. The first kappa shape index (κ1) is 14.6. The minimum Gasteiger partial charge on any atom is -0.457 e. The largest absolute Gasteiger partial charge is 0.457 e. The Bertz CT molecular complexity index is 844. The molecule has 0 aliphatic heterocycles. The standard InChI is InChI=1S/C18H18N4O/c19-11-1-5-14(6-2-11)23-18-8-4-13(21)10-16(18)15-9-12(20)3-7-17(15)22/h1-10H,19-22H2. The normalized spacial score (nSPS) is 10.4. The Hall–Kier alpha value is -3.34. The molecule has 5 nitrogen and oxygen atoms in total. The van der Waals surface area contributed by atoms with Crippen molar-refractivity contribution in [3.05, 3.63) is 60.7 Å². The average Bonchev–Trinajstić information content (AvgIpc) is 2.53. The molecule has 0 atom stereocenters. The molecule has 8 N–H and O–H groups in total. The number of benzene rings is 3. The van der Waals surface area contributed by atoms with Gasteiger partial charge in [0.05, 0.1) is 0 Å². The van der Waals surface area contributed by atoms with Gasteiger partial charge in [-0.3, -0.25) is 0 Å². The number of rotatable bonds is 3. The lowest BCUT2D eigenvalue weighted by Crippen LogP contribution is -1.96. The summed E-state index contributed by atoms with van der Waals surface area (Å²) in [7, 11) is 0. The zero-order valence-electron chi connectivity index (χ0n) is 12.5. The van der Waals surface area contributed by atoms with Crippen molar-refractivity contribution >= 4 is 22.7 Å². The number of ether oxygens (including phenoxy) is 1. The van der Waals surface area contributed by atoms with Crippen LogP contribution < -0.4 is 27.7 Å². The van der Waals surface area contributed by atoms with Crippen molar-refractivity contribution in [2.24, 2.45) is 0 Å². The fourth-order valence-electron chi connectivity index (χ4n) is 2.32. The van der Waals surface area contributed by atoms with E-state index in [0.717, 1.165) is 11.1 Å². The monoisotopic (exact) mass is 306 g/mol. The molecule has 0 bridgehead atoms. The average molecular weight is 306 g/mol. The molecule has 23 heavy (non-hydrogen) atoms. The first-order valence-corrected chi connectivity index (χ1v) is 7.11. The second-order valence-electron chi connectivity index (χ2n) is 5.27. The molecule has 0 heterocycles. The van der Waals surface area contributed by atoms with Crippen molar-refractivity contribution < 1.29 is 4.74 Å². The molecule has 3 rings (SSSR count). The predicted octanol–water partition coefficient (Wildman–Crippen LogP) is 3.47. The summed E-state index contributed by atoms with van der Waals surface area (Å²) in [5.41, 5.74) is 27.7. The van der Waals surface area contributed by atoms with Gasteiger partial charge in [-0.25, -0.2) is 0 Å². The topological polar surface area (TPSA) is 113 Å². The Morgan fingerprint density at radius 2 is 1.13 bits per heavy atom. The van der Waals surface area contributed by atoms with Crippen LogP contribution in [0.4, 0.5) is 22.7 Å². The summed E-state index contributed by atoms with van der Waals surface area (Å²) >= 11 is 0. The lowest BCUT2D eigenvalue weighted by atomic mass is 10.0. The van der Waals surface area contributed by atoms with E-state index in [1.54, 1.807) is 48.5 Å². The number of hydrogen-bond acceptors (Lipinski definition) is 5. The minimum absolute atomic E-state index is 0.604. The predicted molar refractivity (Wildman–Crippen MR) is 96.0 cm³/mol. The van der Waals surface area contributed by atoms with E-state index in [0.29, 0.717) is 34.2 Å². The van der Waals surface area contributed by atoms with Crippen LogP contribution in [0.3, 0.4) is 0 Å². The zero-order chi connectivity index (χ0) is 16.4. The quantitative estimate of drug-likeness (QED) is 0.553. The molecule has 5 heteroatoms.